The summed E-state index contributed by atoms with van der Waals surface area (Å²) in [6.07, 6.45) is 1.33. The maximum Gasteiger partial charge on any atom is 0.323 e. The van der Waals surface area contributed by atoms with Gasteiger partial charge in [-0.15, -0.1) is 0 Å². The van der Waals surface area contributed by atoms with Gasteiger partial charge in [-0.05, 0) is 30.5 Å². The Morgan fingerprint density at radius 3 is 2.54 bits per heavy atom. The number of hydrogen-bond acceptors (Lipinski definition) is 1. The smallest absolute Gasteiger partial charge is 0.315 e. The van der Waals surface area contributed by atoms with Gasteiger partial charge in [0.2, 0.25) is 0 Å². The van der Waals surface area contributed by atoms with E-state index in [1.165, 1.54) is 6.20 Å². The zero-order chi connectivity index (χ0) is 9.68. The van der Waals surface area contributed by atoms with Crippen molar-refractivity contribution >= 4 is 27.6 Å². The molecule has 0 fully saturated rings. The quantitative estimate of drug-likeness (QED) is 0.821. The summed E-state index contributed by atoms with van der Waals surface area (Å²) in [4.78, 5) is 11.0. The van der Waals surface area contributed by atoms with Crippen molar-refractivity contribution in [3.63, 3.8) is 0 Å². The minimum Gasteiger partial charge on any atom is -0.315 e. The third kappa shape index (κ3) is 3.29. The van der Waals surface area contributed by atoms with Crippen molar-refractivity contribution in [1.82, 2.24) is 5.32 Å². The number of rotatable bonds is 2. The molecule has 2 amide bonds. The second-order valence-electron chi connectivity index (χ2n) is 2.31. The Morgan fingerprint density at radius 2 is 2.00 bits per heavy atom. The predicted molar refractivity (Wildman–Crippen MR) is 56.5 cm³/mol. The first-order chi connectivity index (χ1) is 6.22. The molecule has 1 aromatic carbocycles. The lowest BCUT2D eigenvalue weighted by atomic mass is 10.3. The van der Waals surface area contributed by atoms with Gasteiger partial charge in [-0.25, -0.2) is 4.79 Å². The predicted octanol–water partition coefficient (Wildman–Crippen LogP) is 2.71. The highest BCUT2D eigenvalue weighted by Gasteiger charge is 1.97. The molecule has 0 unspecified atom stereocenters. The third-order valence-corrected chi connectivity index (χ3v) is 1.86. The molecular formula is C9H9BrN2O. The first-order valence-electron chi connectivity index (χ1n) is 3.66. The fourth-order valence-corrected chi connectivity index (χ4v) is 1.06. The first kappa shape index (κ1) is 9.80. The number of amides is 2. The lowest BCUT2D eigenvalue weighted by Crippen LogP contribution is -2.23. The molecule has 0 saturated heterocycles. The zero-order valence-electron chi connectivity index (χ0n) is 6.88. The molecule has 0 bridgehead atoms. The van der Waals surface area contributed by atoms with Gasteiger partial charge in [-0.3, -0.25) is 0 Å². The molecule has 1 aromatic rings. The van der Waals surface area contributed by atoms with Crippen LogP contribution in [0.4, 0.5) is 10.5 Å². The molecule has 0 atom stereocenters. The van der Waals surface area contributed by atoms with Crippen LogP contribution in [0.1, 0.15) is 0 Å². The molecule has 0 spiro atoms. The van der Waals surface area contributed by atoms with E-state index in [2.05, 4.69) is 33.1 Å². The number of urea groups is 1. The molecule has 0 heterocycles. The second-order valence-corrected chi connectivity index (χ2v) is 3.23. The van der Waals surface area contributed by atoms with Gasteiger partial charge in [0.15, 0.2) is 0 Å². The van der Waals surface area contributed by atoms with Gasteiger partial charge < -0.3 is 10.6 Å². The Kier molecular flexibility index (Phi) is 3.52. The highest BCUT2D eigenvalue weighted by Crippen LogP contribution is 2.13. The van der Waals surface area contributed by atoms with Gasteiger partial charge in [-0.2, -0.15) is 0 Å². The van der Waals surface area contributed by atoms with Crippen LogP contribution in [0.15, 0.2) is 41.5 Å². The van der Waals surface area contributed by atoms with Crippen LogP contribution in [0.25, 0.3) is 0 Å². The lowest BCUT2D eigenvalue weighted by molar-refractivity contribution is 0.255. The number of nitrogens with one attached hydrogen (secondary N) is 2. The molecule has 1 rings (SSSR count). The van der Waals surface area contributed by atoms with Gasteiger partial charge in [0.25, 0.3) is 0 Å². The fraction of sp³-hybridized carbons (Fsp3) is 0. The SMILES string of the molecule is C=CNC(=O)Nc1ccc(Br)cc1. The maximum absolute atomic E-state index is 11.0. The van der Waals surface area contributed by atoms with Crippen molar-refractivity contribution in [2.24, 2.45) is 0 Å². The monoisotopic (exact) mass is 240 g/mol. The summed E-state index contributed by atoms with van der Waals surface area (Å²) in [6.45, 7) is 3.38. The summed E-state index contributed by atoms with van der Waals surface area (Å²) < 4.78 is 0.974. The molecule has 3 nitrogen and oxygen atoms in total. The van der Waals surface area contributed by atoms with E-state index in [9.17, 15) is 4.79 Å². The van der Waals surface area contributed by atoms with E-state index in [-0.39, 0.29) is 6.03 Å². The molecule has 68 valence electrons. The molecule has 0 aliphatic heterocycles. The standard InChI is InChI=1S/C9H9BrN2O/c1-2-11-9(13)12-8-5-3-7(10)4-6-8/h2-6H,1H2,(H2,11,12,13). The van der Waals surface area contributed by atoms with Crippen molar-refractivity contribution in [2.45, 2.75) is 0 Å². The van der Waals surface area contributed by atoms with Crippen LogP contribution in [0.5, 0.6) is 0 Å². The van der Waals surface area contributed by atoms with Gasteiger partial charge >= 0.3 is 6.03 Å². The Bertz CT molecular complexity index is 308. The Labute approximate surface area is 85.0 Å². The summed E-state index contributed by atoms with van der Waals surface area (Å²) in [5.74, 6) is 0. The molecule has 0 aliphatic rings. The van der Waals surface area contributed by atoms with E-state index in [0.29, 0.717) is 0 Å². The normalized spacial score (nSPS) is 9.00. The Hall–Kier alpha value is -1.29. The van der Waals surface area contributed by atoms with E-state index in [1.54, 1.807) is 12.1 Å². The Morgan fingerprint density at radius 1 is 1.38 bits per heavy atom. The van der Waals surface area contributed by atoms with Crippen LogP contribution >= 0.6 is 15.9 Å². The molecule has 0 radical (unpaired) electrons. The van der Waals surface area contributed by atoms with Crippen molar-refractivity contribution in [3.8, 4) is 0 Å². The summed E-state index contributed by atoms with van der Waals surface area (Å²) in [5, 5.41) is 5.04. The van der Waals surface area contributed by atoms with Crippen molar-refractivity contribution < 1.29 is 4.79 Å². The van der Waals surface area contributed by atoms with Gasteiger partial charge in [0, 0.05) is 10.2 Å². The largest absolute Gasteiger partial charge is 0.323 e. The Balaban J connectivity index is 2.59. The van der Waals surface area contributed by atoms with Crippen LogP contribution in [0.2, 0.25) is 0 Å². The second kappa shape index (κ2) is 4.67. The van der Waals surface area contributed by atoms with Gasteiger partial charge in [0.05, 0.1) is 0 Å². The van der Waals surface area contributed by atoms with E-state index >= 15 is 0 Å². The van der Waals surface area contributed by atoms with Gasteiger partial charge in [0.1, 0.15) is 0 Å². The van der Waals surface area contributed by atoms with Crippen molar-refractivity contribution in [1.29, 1.82) is 0 Å². The summed E-state index contributed by atoms with van der Waals surface area (Å²) in [5.41, 5.74) is 0.738. The van der Waals surface area contributed by atoms with Crippen LogP contribution in [0.3, 0.4) is 0 Å². The molecule has 0 aliphatic carbocycles. The summed E-state index contributed by atoms with van der Waals surface area (Å²) >= 11 is 3.30. The number of carbonyl (C=O) groups excluding carboxylic acids is 1. The van der Waals surface area contributed by atoms with E-state index in [1.807, 2.05) is 12.1 Å². The number of carbonyl (C=O) groups is 1. The average molecular weight is 241 g/mol. The number of benzene rings is 1. The first-order valence-corrected chi connectivity index (χ1v) is 4.45. The zero-order valence-corrected chi connectivity index (χ0v) is 8.47. The summed E-state index contributed by atoms with van der Waals surface area (Å²) in [6, 6.07) is 7.00. The highest BCUT2D eigenvalue weighted by atomic mass is 79.9. The molecule has 13 heavy (non-hydrogen) atoms. The molecular weight excluding hydrogens is 232 g/mol. The van der Waals surface area contributed by atoms with E-state index < -0.39 is 0 Å². The minimum absolute atomic E-state index is 0.294. The van der Waals surface area contributed by atoms with Crippen LogP contribution in [0, 0.1) is 0 Å². The number of anilines is 1. The van der Waals surface area contributed by atoms with Crippen LogP contribution < -0.4 is 10.6 Å². The molecule has 4 heteroatoms. The third-order valence-electron chi connectivity index (χ3n) is 1.34. The maximum atomic E-state index is 11.0. The highest BCUT2D eigenvalue weighted by molar-refractivity contribution is 9.10. The molecule has 0 aromatic heterocycles. The van der Waals surface area contributed by atoms with Crippen molar-refractivity contribution in [3.05, 3.63) is 41.5 Å². The van der Waals surface area contributed by atoms with E-state index in [4.69, 9.17) is 0 Å². The molecule has 0 saturated carbocycles. The lowest BCUT2D eigenvalue weighted by Gasteiger charge is -2.03. The number of halogens is 1. The van der Waals surface area contributed by atoms with Crippen LogP contribution in [-0.4, -0.2) is 6.03 Å². The topological polar surface area (TPSA) is 41.1 Å². The summed E-state index contributed by atoms with van der Waals surface area (Å²) in [7, 11) is 0. The van der Waals surface area contributed by atoms with Crippen LogP contribution in [-0.2, 0) is 0 Å². The minimum atomic E-state index is -0.294. The van der Waals surface area contributed by atoms with E-state index in [0.717, 1.165) is 10.2 Å². The number of hydrogen-bond donors (Lipinski definition) is 2. The average Bonchev–Trinajstić information content (AvgIpc) is 2.09. The molecule has 2 N–H and O–H groups in total. The fourth-order valence-electron chi connectivity index (χ4n) is 0.793. The van der Waals surface area contributed by atoms with Crippen molar-refractivity contribution in [2.75, 3.05) is 5.32 Å². The van der Waals surface area contributed by atoms with Gasteiger partial charge in [-0.1, -0.05) is 22.5 Å².